The van der Waals surface area contributed by atoms with Crippen molar-refractivity contribution < 1.29 is 48.1 Å². The zero-order valence-corrected chi connectivity index (χ0v) is 28.9. The molecule has 0 aliphatic heterocycles. The van der Waals surface area contributed by atoms with E-state index in [1.165, 1.54) is 31.3 Å². The summed E-state index contributed by atoms with van der Waals surface area (Å²) in [5.74, 6) is -6.46. The average molecular weight is 707 g/mol. The molecule has 0 aliphatic rings. The van der Waals surface area contributed by atoms with Crippen molar-refractivity contribution >= 4 is 57.7 Å². The third-order valence-corrected chi connectivity index (χ3v) is 9.00. The number of hydrogen-bond acceptors (Lipinski definition) is 9. The Morgan fingerprint density at radius 2 is 1.52 bits per heavy atom. The number of amides is 1. The second-order valence-electron chi connectivity index (χ2n) is 12.3. The molecule has 3 atom stereocenters. The van der Waals surface area contributed by atoms with Gasteiger partial charge in [0.1, 0.15) is 5.52 Å². The Balaban J connectivity index is 1.59. The molecule has 12 nitrogen and oxygen atoms in total. The molecule has 2 unspecified atom stereocenters. The van der Waals surface area contributed by atoms with E-state index in [2.05, 4.69) is 4.98 Å². The molecule has 0 saturated carbocycles. The van der Waals surface area contributed by atoms with Crippen LogP contribution in [0.25, 0.3) is 27.9 Å². The number of aromatic nitrogens is 1. The summed E-state index contributed by atoms with van der Waals surface area (Å²) in [7, 11) is 2.39. The number of para-hydroxylation sites is 2. The van der Waals surface area contributed by atoms with Gasteiger partial charge in [0.15, 0.2) is 5.58 Å². The van der Waals surface area contributed by atoms with E-state index in [9.17, 15) is 34.2 Å². The molecule has 0 fully saturated rings. The first-order valence-electron chi connectivity index (χ1n) is 16.5. The van der Waals surface area contributed by atoms with E-state index in [-0.39, 0.29) is 24.1 Å². The maximum atomic E-state index is 14.2. The highest BCUT2D eigenvalue weighted by atomic mass is 16.5. The Labute approximate surface area is 299 Å². The monoisotopic (exact) mass is 706 g/mol. The molecule has 5 aromatic rings. The average Bonchev–Trinajstić information content (AvgIpc) is 3.56. The largest absolute Gasteiger partial charge is 0.481 e. The number of carbonyl (C=O) groups is 5. The fourth-order valence-electron chi connectivity index (χ4n) is 6.24. The number of nitrogens with zero attached hydrogens (tertiary/aromatic N) is 2. The van der Waals surface area contributed by atoms with Gasteiger partial charge in [-0.1, -0.05) is 60.7 Å². The lowest BCUT2D eigenvalue weighted by molar-refractivity contribution is -0.151. The minimum Gasteiger partial charge on any atom is -0.481 e. The Kier molecular flexibility index (Phi) is 11.8. The van der Waals surface area contributed by atoms with Crippen molar-refractivity contribution in [3.63, 3.8) is 0 Å². The number of hydrogen-bond donors (Lipinski definition) is 2. The molecule has 1 aromatic heterocycles. The third kappa shape index (κ3) is 8.70. The number of methoxy groups -OCH3 is 2. The van der Waals surface area contributed by atoms with Crippen LogP contribution < -0.4 is 0 Å². The van der Waals surface area contributed by atoms with E-state index in [0.29, 0.717) is 22.6 Å². The van der Waals surface area contributed by atoms with E-state index in [4.69, 9.17) is 13.9 Å². The number of allylic oxidation sites excluding steroid dienone is 1. The van der Waals surface area contributed by atoms with Crippen LogP contribution in [0.4, 0.5) is 0 Å². The highest BCUT2D eigenvalue weighted by Gasteiger charge is 2.33. The number of esters is 2. The van der Waals surface area contributed by atoms with Gasteiger partial charge in [0, 0.05) is 24.9 Å². The van der Waals surface area contributed by atoms with Gasteiger partial charge < -0.3 is 29.0 Å². The van der Waals surface area contributed by atoms with Crippen LogP contribution in [0.15, 0.2) is 95.4 Å². The number of fused-ring (bicyclic) bond motifs is 2. The molecule has 0 aliphatic carbocycles. The Hall–Kier alpha value is -6.30. The molecule has 0 saturated heterocycles. The van der Waals surface area contributed by atoms with Crippen LogP contribution in [0.5, 0.6) is 0 Å². The van der Waals surface area contributed by atoms with Crippen LogP contribution in [0.2, 0.25) is 0 Å². The molecule has 0 spiro atoms. The maximum Gasteiger partial charge on any atom is 0.338 e. The lowest BCUT2D eigenvalue weighted by Gasteiger charge is -2.36. The van der Waals surface area contributed by atoms with Crippen molar-refractivity contribution in [1.82, 2.24) is 9.88 Å². The highest BCUT2D eigenvalue weighted by Crippen LogP contribution is 2.33. The van der Waals surface area contributed by atoms with Crippen molar-refractivity contribution in [2.45, 2.75) is 44.7 Å². The predicted octanol–water partition coefficient (Wildman–Crippen LogP) is 6.72. The second kappa shape index (κ2) is 16.6. The summed E-state index contributed by atoms with van der Waals surface area (Å²) in [6, 6.07) is 24.8. The summed E-state index contributed by atoms with van der Waals surface area (Å²) >= 11 is 0. The molecule has 268 valence electrons. The Morgan fingerprint density at radius 3 is 2.21 bits per heavy atom. The summed E-state index contributed by atoms with van der Waals surface area (Å²) in [5, 5.41) is 21.1. The van der Waals surface area contributed by atoms with E-state index in [1.54, 1.807) is 25.1 Å². The van der Waals surface area contributed by atoms with Crippen LogP contribution in [0.3, 0.4) is 0 Å². The molecule has 12 heteroatoms. The van der Waals surface area contributed by atoms with Crippen LogP contribution in [0, 0.1) is 5.92 Å². The summed E-state index contributed by atoms with van der Waals surface area (Å²) < 4.78 is 15.7. The lowest BCUT2D eigenvalue weighted by Crippen LogP contribution is -2.43. The lowest BCUT2D eigenvalue weighted by atomic mass is 9.85. The molecule has 2 N–H and O–H groups in total. The van der Waals surface area contributed by atoms with Crippen LogP contribution in [0.1, 0.15) is 69.8 Å². The van der Waals surface area contributed by atoms with Gasteiger partial charge in [-0.05, 0) is 71.7 Å². The SMILES string of the molecule is COC(=O)c1ccc(C(CC=Cc2nc3ccccc3o2)C(C)N(Cc2ccc3ccccc3c2)C(=O)C[C@H](CC(=O)O)C(=O)O)cc1C(=O)OC. The quantitative estimate of drug-likeness (QED) is 0.111. The van der Waals surface area contributed by atoms with E-state index >= 15 is 0 Å². The number of carboxylic acids is 2. The van der Waals surface area contributed by atoms with Gasteiger partial charge in [0.05, 0.1) is 37.7 Å². The van der Waals surface area contributed by atoms with Gasteiger partial charge in [-0.3, -0.25) is 14.4 Å². The Bertz CT molecular complexity index is 2120. The second-order valence-corrected chi connectivity index (χ2v) is 12.3. The summed E-state index contributed by atoms with van der Waals surface area (Å²) in [6.07, 6.45) is 2.51. The third-order valence-electron chi connectivity index (χ3n) is 9.00. The van der Waals surface area contributed by atoms with Gasteiger partial charge in [0.25, 0.3) is 0 Å². The summed E-state index contributed by atoms with van der Waals surface area (Å²) in [5.41, 5.74) is 2.57. The molecular weight excluding hydrogens is 668 g/mol. The standard InChI is InChI=1S/C40H38N2O10/c1-24(42(36(43)21-29(38(46)47)22-37(44)45)23-25-15-16-26-9-4-5-10-27(26)19-25)30(11-8-14-35-41-33-12-6-7-13-34(33)52-35)28-17-18-31(39(48)50-2)32(20-28)40(49)51-3/h4-10,12-20,24,29-30H,11,21-23H2,1-3H3,(H,44,45)(H,46,47)/t24?,29-,30?/m1/s1. The van der Waals surface area contributed by atoms with Gasteiger partial charge in [0.2, 0.25) is 11.8 Å². The first kappa shape index (κ1) is 37.0. The minimum atomic E-state index is -1.46. The van der Waals surface area contributed by atoms with Crippen LogP contribution in [-0.2, 0) is 30.4 Å². The van der Waals surface area contributed by atoms with Crippen molar-refractivity contribution in [3.05, 3.63) is 119 Å². The summed E-state index contributed by atoms with van der Waals surface area (Å²) in [6.45, 7) is 1.87. The van der Waals surface area contributed by atoms with E-state index in [1.807, 2.05) is 66.7 Å². The van der Waals surface area contributed by atoms with Gasteiger partial charge in [-0.25, -0.2) is 14.6 Å². The number of carbonyl (C=O) groups excluding carboxylic acids is 3. The zero-order valence-electron chi connectivity index (χ0n) is 28.9. The van der Waals surface area contributed by atoms with Crippen molar-refractivity contribution in [2.75, 3.05) is 14.2 Å². The number of ether oxygens (including phenoxy) is 2. The maximum absolute atomic E-state index is 14.2. The predicted molar refractivity (Wildman–Crippen MR) is 191 cm³/mol. The smallest absolute Gasteiger partial charge is 0.338 e. The zero-order chi connectivity index (χ0) is 37.4. The number of benzene rings is 4. The molecule has 0 bridgehead atoms. The highest BCUT2D eigenvalue weighted by molar-refractivity contribution is 6.03. The number of carboxylic acid groups (broad SMARTS) is 2. The molecular formula is C40H38N2O10. The van der Waals surface area contributed by atoms with Crippen LogP contribution >= 0.6 is 0 Å². The summed E-state index contributed by atoms with van der Waals surface area (Å²) in [4.78, 5) is 69.3. The first-order chi connectivity index (χ1) is 25.0. The van der Waals surface area contributed by atoms with Crippen LogP contribution in [-0.4, -0.2) is 70.1 Å². The number of oxazole rings is 1. The molecule has 4 aromatic carbocycles. The first-order valence-corrected chi connectivity index (χ1v) is 16.5. The van der Waals surface area contributed by atoms with Gasteiger partial charge >= 0.3 is 23.9 Å². The molecule has 1 amide bonds. The topological polar surface area (TPSA) is 174 Å². The Morgan fingerprint density at radius 1 is 0.827 bits per heavy atom. The minimum absolute atomic E-state index is 0.00594. The molecule has 52 heavy (non-hydrogen) atoms. The molecule has 5 rings (SSSR count). The number of rotatable bonds is 15. The fourth-order valence-corrected chi connectivity index (χ4v) is 6.24. The van der Waals surface area contributed by atoms with Crippen molar-refractivity contribution in [3.8, 4) is 0 Å². The number of aliphatic carboxylic acids is 2. The van der Waals surface area contributed by atoms with Gasteiger partial charge in [-0.15, -0.1) is 0 Å². The normalized spacial score (nSPS) is 13.1. The van der Waals surface area contributed by atoms with Gasteiger partial charge in [-0.2, -0.15) is 0 Å². The van der Waals surface area contributed by atoms with E-state index < -0.39 is 60.5 Å². The molecule has 0 radical (unpaired) electrons. The van der Waals surface area contributed by atoms with Crippen molar-refractivity contribution in [2.24, 2.45) is 5.92 Å². The molecule has 1 heterocycles. The van der Waals surface area contributed by atoms with E-state index in [0.717, 1.165) is 16.3 Å². The fraction of sp³-hybridized carbons (Fsp3) is 0.250. The van der Waals surface area contributed by atoms with Crippen molar-refractivity contribution in [1.29, 1.82) is 0 Å².